The van der Waals surface area contributed by atoms with Crippen LogP contribution in [0.2, 0.25) is 0 Å². The number of methoxy groups -OCH3 is 2. The second-order valence-corrected chi connectivity index (χ2v) is 8.12. The Bertz CT molecular complexity index is 1030. The van der Waals surface area contributed by atoms with E-state index >= 15 is 0 Å². The van der Waals surface area contributed by atoms with Crippen molar-refractivity contribution >= 4 is 29.0 Å². The number of benzene rings is 2. The van der Waals surface area contributed by atoms with Crippen LogP contribution in [0.15, 0.2) is 47.6 Å². The summed E-state index contributed by atoms with van der Waals surface area (Å²) in [5, 5.41) is 5.16. The predicted octanol–water partition coefficient (Wildman–Crippen LogP) is 4.97. The van der Waals surface area contributed by atoms with Crippen molar-refractivity contribution in [2.75, 3.05) is 34.0 Å². The van der Waals surface area contributed by atoms with E-state index in [9.17, 15) is 4.79 Å². The lowest BCUT2D eigenvalue weighted by atomic mass is 9.93. The van der Waals surface area contributed by atoms with E-state index in [2.05, 4.69) is 34.4 Å². The van der Waals surface area contributed by atoms with Crippen molar-refractivity contribution in [3.05, 3.63) is 53.7 Å². The molecule has 1 heterocycles. The fourth-order valence-electron chi connectivity index (χ4n) is 3.97. The van der Waals surface area contributed by atoms with Crippen molar-refractivity contribution in [1.82, 2.24) is 10.2 Å². The van der Waals surface area contributed by atoms with Crippen LogP contribution in [0.3, 0.4) is 0 Å². The third kappa shape index (κ3) is 6.85. The summed E-state index contributed by atoms with van der Waals surface area (Å²) < 4.78 is 11.1. The molecule has 0 radical (unpaired) electrons. The van der Waals surface area contributed by atoms with Crippen molar-refractivity contribution in [3.8, 4) is 11.5 Å². The van der Waals surface area contributed by atoms with Crippen LogP contribution in [0.5, 0.6) is 11.5 Å². The summed E-state index contributed by atoms with van der Waals surface area (Å²) in [6.07, 6.45) is 14.4. The van der Waals surface area contributed by atoms with E-state index in [-0.39, 0.29) is 5.91 Å². The second kappa shape index (κ2) is 12.7. The van der Waals surface area contributed by atoms with Crippen LogP contribution in [0.1, 0.15) is 43.7 Å². The summed E-state index contributed by atoms with van der Waals surface area (Å²) in [5.41, 5.74) is 2.22. The predicted molar refractivity (Wildman–Crippen MR) is 136 cm³/mol. The lowest BCUT2D eigenvalue weighted by Gasteiger charge is -2.19. The number of fused-ring (bicyclic) bond motifs is 1. The van der Waals surface area contributed by atoms with Gasteiger partial charge < -0.3 is 19.7 Å². The van der Waals surface area contributed by atoms with Gasteiger partial charge in [0, 0.05) is 37.0 Å². The second-order valence-electron chi connectivity index (χ2n) is 8.12. The topological polar surface area (TPSA) is 63.2 Å². The maximum absolute atomic E-state index is 12.4. The van der Waals surface area contributed by atoms with Gasteiger partial charge in [0.15, 0.2) is 0 Å². The molecular weight excluding hydrogens is 414 g/mol. The molecule has 1 aliphatic heterocycles. The molecular formula is C27H35N3O3. The molecule has 2 aromatic rings. The number of aryl methyl sites for hydroxylation is 1. The van der Waals surface area contributed by atoms with Gasteiger partial charge in [-0.05, 0) is 78.6 Å². The third-order valence-electron chi connectivity index (χ3n) is 5.79. The average Bonchev–Trinajstić information content (AvgIpc) is 2.86. The molecule has 0 aromatic heterocycles. The number of ether oxygens (including phenoxy) is 2. The van der Waals surface area contributed by atoms with Crippen LogP contribution >= 0.6 is 0 Å². The Kier molecular flexibility index (Phi) is 9.36. The van der Waals surface area contributed by atoms with Crippen LogP contribution in [-0.4, -0.2) is 51.0 Å². The summed E-state index contributed by atoms with van der Waals surface area (Å²) in [6, 6.07) is 8.07. The summed E-state index contributed by atoms with van der Waals surface area (Å²) in [5.74, 6) is 1.53. The van der Waals surface area contributed by atoms with Crippen LogP contribution in [0.4, 0.5) is 0 Å². The monoisotopic (exact) mass is 449 g/mol. The lowest BCUT2D eigenvalue weighted by molar-refractivity contribution is -0.116. The molecule has 0 unspecified atom stereocenters. The molecule has 1 amide bonds. The molecule has 0 aliphatic carbocycles. The largest absolute Gasteiger partial charge is 0.497 e. The number of nitrogens with one attached hydrogen (secondary N) is 1. The molecule has 1 N–H and O–H groups in total. The normalized spacial score (nSPS) is 13.1. The number of unbranched alkanes of at least 4 members (excludes halogenated alkanes) is 2. The Labute approximate surface area is 197 Å². The molecule has 0 spiro atoms. The zero-order valence-electron chi connectivity index (χ0n) is 20.0. The van der Waals surface area contributed by atoms with Gasteiger partial charge in [-0.1, -0.05) is 13.3 Å². The summed E-state index contributed by atoms with van der Waals surface area (Å²) in [7, 11) is 3.35. The molecule has 1 aliphatic rings. The van der Waals surface area contributed by atoms with E-state index in [1.165, 1.54) is 5.56 Å². The van der Waals surface area contributed by atoms with E-state index in [4.69, 9.17) is 9.47 Å². The SMILES string of the molecule is CCCCc1c(C=CC(=O)NCCCCN2C=CC=NC2)cc(OC)c2ccc(OC)cc12. The minimum atomic E-state index is -0.0800. The van der Waals surface area contributed by atoms with Crippen molar-refractivity contribution < 1.29 is 14.3 Å². The minimum absolute atomic E-state index is 0.0800. The quantitative estimate of drug-likeness (QED) is 0.367. The highest BCUT2D eigenvalue weighted by atomic mass is 16.5. The summed E-state index contributed by atoms with van der Waals surface area (Å²) in [6.45, 7) is 4.50. The summed E-state index contributed by atoms with van der Waals surface area (Å²) >= 11 is 0. The Morgan fingerprint density at radius 1 is 1.15 bits per heavy atom. The molecule has 0 bridgehead atoms. The highest BCUT2D eigenvalue weighted by molar-refractivity contribution is 5.97. The van der Waals surface area contributed by atoms with Crippen molar-refractivity contribution in [3.63, 3.8) is 0 Å². The van der Waals surface area contributed by atoms with Gasteiger partial charge in [0.1, 0.15) is 18.2 Å². The van der Waals surface area contributed by atoms with Crippen LogP contribution < -0.4 is 14.8 Å². The van der Waals surface area contributed by atoms with Crippen molar-refractivity contribution in [1.29, 1.82) is 0 Å². The van der Waals surface area contributed by atoms with Crippen LogP contribution in [-0.2, 0) is 11.2 Å². The van der Waals surface area contributed by atoms with Gasteiger partial charge in [-0.15, -0.1) is 0 Å². The summed E-state index contributed by atoms with van der Waals surface area (Å²) in [4.78, 5) is 18.8. The number of amides is 1. The van der Waals surface area contributed by atoms with Gasteiger partial charge in [0.25, 0.3) is 0 Å². The smallest absolute Gasteiger partial charge is 0.243 e. The first kappa shape index (κ1) is 24.4. The fraction of sp³-hybridized carbons (Fsp3) is 0.407. The minimum Gasteiger partial charge on any atom is -0.497 e. The first-order valence-corrected chi connectivity index (χ1v) is 11.7. The number of hydrogen-bond acceptors (Lipinski definition) is 5. The standard InChI is InChI=1S/C27H35N3O3/c1-4-5-9-23-21(18-26(33-3)24-12-11-22(32-2)19-25(23)24)10-13-27(31)29-15-6-7-16-30-17-8-14-28-20-30/h8,10-14,17-19H,4-7,9,15-16,20H2,1-3H3,(H,29,31). The highest BCUT2D eigenvalue weighted by Crippen LogP contribution is 2.35. The van der Waals surface area contributed by atoms with Gasteiger partial charge in [-0.25, -0.2) is 0 Å². The van der Waals surface area contributed by atoms with E-state index in [0.29, 0.717) is 13.2 Å². The number of nitrogens with zero attached hydrogens (tertiary/aromatic N) is 2. The van der Waals surface area contributed by atoms with E-state index in [1.807, 2.05) is 36.6 Å². The Hall–Kier alpha value is -3.28. The van der Waals surface area contributed by atoms with Crippen LogP contribution in [0.25, 0.3) is 16.8 Å². The van der Waals surface area contributed by atoms with Gasteiger partial charge in [-0.3, -0.25) is 9.79 Å². The first-order valence-electron chi connectivity index (χ1n) is 11.7. The Morgan fingerprint density at radius 3 is 2.76 bits per heavy atom. The Morgan fingerprint density at radius 2 is 2.03 bits per heavy atom. The molecule has 3 rings (SSSR count). The number of carbonyl (C=O) groups is 1. The molecule has 0 saturated heterocycles. The van der Waals surface area contributed by atoms with Gasteiger partial charge in [-0.2, -0.15) is 0 Å². The van der Waals surface area contributed by atoms with Gasteiger partial charge in [0.2, 0.25) is 5.91 Å². The zero-order valence-corrected chi connectivity index (χ0v) is 20.0. The number of carbonyl (C=O) groups excluding carboxylic acids is 1. The number of hydrogen-bond donors (Lipinski definition) is 1. The molecule has 176 valence electrons. The molecule has 0 atom stereocenters. The maximum Gasteiger partial charge on any atom is 0.243 e. The molecule has 2 aromatic carbocycles. The number of allylic oxidation sites excluding steroid dienone is 1. The fourth-order valence-corrected chi connectivity index (χ4v) is 3.97. The van der Waals surface area contributed by atoms with Crippen molar-refractivity contribution in [2.24, 2.45) is 4.99 Å². The lowest BCUT2D eigenvalue weighted by Crippen LogP contribution is -2.24. The van der Waals surface area contributed by atoms with Gasteiger partial charge >= 0.3 is 0 Å². The molecule has 0 fully saturated rings. The first-order chi connectivity index (χ1) is 16.2. The average molecular weight is 450 g/mol. The molecule has 0 saturated carbocycles. The van der Waals surface area contributed by atoms with Crippen LogP contribution in [0, 0.1) is 0 Å². The molecule has 33 heavy (non-hydrogen) atoms. The van der Waals surface area contributed by atoms with E-state index in [1.54, 1.807) is 20.3 Å². The van der Waals surface area contributed by atoms with E-state index < -0.39 is 0 Å². The Balaban J connectivity index is 1.67. The number of aliphatic imine (C=N–C) groups is 1. The number of rotatable bonds is 12. The van der Waals surface area contributed by atoms with Gasteiger partial charge in [0.05, 0.1) is 14.2 Å². The van der Waals surface area contributed by atoms with E-state index in [0.717, 1.165) is 66.5 Å². The molecule has 6 heteroatoms. The maximum atomic E-state index is 12.4. The van der Waals surface area contributed by atoms with Crippen molar-refractivity contribution in [2.45, 2.75) is 39.0 Å². The third-order valence-corrected chi connectivity index (χ3v) is 5.79. The highest BCUT2D eigenvalue weighted by Gasteiger charge is 2.13. The molecule has 6 nitrogen and oxygen atoms in total. The zero-order chi connectivity index (χ0) is 23.5.